The van der Waals surface area contributed by atoms with Crippen molar-refractivity contribution in [2.24, 2.45) is 11.7 Å². The normalized spacial score (nSPS) is 24.3. The second-order valence-electron chi connectivity index (χ2n) is 5.86. The summed E-state index contributed by atoms with van der Waals surface area (Å²) in [6, 6.07) is 6.63. The van der Waals surface area contributed by atoms with Gasteiger partial charge in [0.05, 0.1) is 5.69 Å². The summed E-state index contributed by atoms with van der Waals surface area (Å²) in [4.78, 5) is 7.20. The van der Waals surface area contributed by atoms with E-state index in [9.17, 15) is 0 Å². The predicted molar refractivity (Wildman–Crippen MR) is 81.5 cm³/mol. The van der Waals surface area contributed by atoms with E-state index >= 15 is 0 Å². The number of hydrogen-bond acceptors (Lipinski definition) is 3. The number of aromatic nitrogens is 2. The van der Waals surface area contributed by atoms with Crippen molar-refractivity contribution in [1.29, 1.82) is 0 Å². The first kappa shape index (κ1) is 13.6. The van der Waals surface area contributed by atoms with Crippen LogP contribution in [-0.2, 0) is 6.54 Å². The summed E-state index contributed by atoms with van der Waals surface area (Å²) in [7, 11) is 0. The summed E-state index contributed by atoms with van der Waals surface area (Å²) in [5, 5.41) is 0. The number of likely N-dealkylation sites (tertiary alicyclic amines) is 1. The Morgan fingerprint density at radius 2 is 2.30 bits per heavy atom. The molecule has 1 saturated heterocycles. The average Bonchev–Trinajstić information content (AvgIpc) is 2.90. The van der Waals surface area contributed by atoms with Crippen LogP contribution in [0.1, 0.15) is 31.9 Å². The molecule has 0 aliphatic carbocycles. The minimum atomic E-state index is 0.513. The fraction of sp³-hybridized carbons (Fsp3) is 0.562. The zero-order valence-corrected chi connectivity index (χ0v) is 12.2. The van der Waals surface area contributed by atoms with Crippen LogP contribution >= 0.6 is 0 Å². The van der Waals surface area contributed by atoms with Gasteiger partial charge in [-0.1, -0.05) is 19.4 Å². The first-order valence-electron chi connectivity index (χ1n) is 7.67. The number of piperidine rings is 1. The molecule has 108 valence electrons. The van der Waals surface area contributed by atoms with E-state index in [0.717, 1.165) is 36.9 Å². The van der Waals surface area contributed by atoms with E-state index in [1.165, 1.54) is 19.3 Å². The van der Waals surface area contributed by atoms with Crippen molar-refractivity contribution < 1.29 is 0 Å². The summed E-state index contributed by atoms with van der Waals surface area (Å²) < 4.78 is 2.09. The van der Waals surface area contributed by atoms with Crippen LogP contribution in [-0.4, -0.2) is 33.4 Å². The highest BCUT2D eigenvalue weighted by Crippen LogP contribution is 2.26. The lowest BCUT2D eigenvalue weighted by Crippen LogP contribution is -2.46. The lowest BCUT2D eigenvalue weighted by atomic mass is 9.89. The van der Waals surface area contributed by atoms with Crippen LogP contribution in [0.2, 0.25) is 0 Å². The number of fused-ring (bicyclic) bond motifs is 1. The van der Waals surface area contributed by atoms with Crippen LogP contribution in [0.4, 0.5) is 0 Å². The van der Waals surface area contributed by atoms with Gasteiger partial charge in [0.2, 0.25) is 0 Å². The summed E-state index contributed by atoms with van der Waals surface area (Å²) in [5.41, 5.74) is 8.14. The average molecular weight is 272 g/mol. The van der Waals surface area contributed by atoms with E-state index in [2.05, 4.69) is 28.6 Å². The van der Waals surface area contributed by atoms with Gasteiger partial charge in [0.25, 0.3) is 0 Å². The number of rotatable bonds is 4. The highest BCUT2D eigenvalue weighted by atomic mass is 15.2. The van der Waals surface area contributed by atoms with Gasteiger partial charge >= 0.3 is 0 Å². The Hall–Kier alpha value is -1.39. The molecule has 0 bridgehead atoms. The fourth-order valence-corrected chi connectivity index (χ4v) is 3.28. The maximum absolute atomic E-state index is 5.97. The van der Waals surface area contributed by atoms with Crippen molar-refractivity contribution in [2.45, 2.75) is 38.8 Å². The summed E-state index contributed by atoms with van der Waals surface area (Å²) in [6.45, 7) is 5.11. The molecule has 2 N–H and O–H groups in total. The van der Waals surface area contributed by atoms with Gasteiger partial charge in [-0.15, -0.1) is 0 Å². The number of nitrogens with zero attached hydrogens (tertiary/aromatic N) is 3. The van der Waals surface area contributed by atoms with Gasteiger partial charge in [0.1, 0.15) is 5.65 Å². The van der Waals surface area contributed by atoms with E-state index in [1.54, 1.807) is 0 Å². The summed E-state index contributed by atoms with van der Waals surface area (Å²) in [6.07, 6.45) is 7.99. The van der Waals surface area contributed by atoms with Gasteiger partial charge < -0.3 is 10.1 Å². The lowest BCUT2D eigenvalue weighted by molar-refractivity contribution is 0.106. The molecular formula is C16H24N4. The molecule has 2 aromatic heterocycles. The quantitative estimate of drug-likeness (QED) is 0.929. The van der Waals surface area contributed by atoms with Gasteiger partial charge in [-0.3, -0.25) is 4.90 Å². The van der Waals surface area contributed by atoms with Crippen molar-refractivity contribution >= 4 is 5.65 Å². The zero-order chi connectivity index (χ0) is 13.9. The number of imidazole rings is 1. The van der Waals surface area contributed by atoms with Crippen LogP contribution in [0.3, 0.4) is 0 Å². The Morgan fingerprint density at radius 1 is 1.40 bits per heavy atom. The van der Waals surface area contributed by atoms with E-state index < -0.39 is 0 Å². The number of hydrogen-bond donors (Lipinski definition) is 1. The van der Waals surface area contributed by atoms with E-state index in [4.69, 9.17) is 10.7 Å². The van der Waals surface area contributed by atoms with Gasteiger partial charge in [0.15, 0.2) is 0 Å². The second kappa shape index (κ2) is 5.94. The van der Waals surface area contributed by atoms with Crippen molar-refractivity contribution in [1.82, 2.24) is 14.3 Å². The molecule has 1 aliphatic rings. The fourth-order valence-electron chi connectivity index (χ4n) is 3.28. The molecule has 3 heterocycles. The highest BCUT2D eigenvalue weighted by Gasteiger charge is 2.26. The Labute approximate surface area is 120 Å². The first-order chi connectivity index (χ1) is 9.80. The monoisotopic (exact) mass is 272 g/mol. The van der Waals surface area contributed by atoms with Gasteiger partial charge in [-0.25, -0.2) is 4.98 Å². The molecule has 3 rings (SSSR count). The van der Waals surface area contributed by atoms with Gasteiger partial charge in [0, 0.05) is 31.5 Å². The predicted octanol–water partition coefficient (Wildman–Crippen LogP) is 2.28. The molecule has 0 aromatic carbocycles. The van der Waals surface area contributed by atoms with Crippen LogP contribution in [0.5, 0.6) is 0 Å². The molecule has 0 radical (unpaired) electrons. The van der Waals surface area contributed by atoms with E-state index in [-0.39, 0.29) is 0 Å². The van der Waals surface area contributed by atoms with Crippen LogP contribution < -0.4 is 5.73 Å². The Balaban J connectivity index is 1.73. The topological polar surface area (TPSA) is 46.6 Å². The lowest BCUT2D eigenvalue weighted by Gasteiger charge is -2.38. The largest absolute Gasteiger partial charge is 0.329 e. The SMILES string of the molecule is CCC1CCN(Cc2cn3ccccc3n2)C(CN)C1. The highest BCUT2D eigenvalue weighted by molar-refractivity contribution is 5.39. The third-order valence-electron chi connectivity index (χ3n) is 4.57. The molecule has 4 nitrogen and oxygen atoms in total. The number of pyridine rings is 1. The zero-order valence-electron chi connectivity index (χ0n) is 12.2. The van der Waals surface area contributed by atoms with Crippen molar-refractivity contribution in [2.75, 3.05) is 13.1 Å². The maximum atomic E-state index is 5.97. The van der Waals surface area contributed by atoms with Crippen molar-refractivity contribution in [3.05, 3.63) is 36.3 Å². The Bertz CT molecular complexity index is 529. The molecule has 0 saturated carbocycles. The molecule has 2 aromatic rings. The molecule has 0 spiro atoms. The third-order valence-corrected chi connectivity index (χ3v) is 4.57. The molecule has 2 atom stereocenters. The van der Waals surface area contributed by atoms with Crippen molar-refractivity contribution in [3.8, 4) is 0 Å². The smallest absolute Gasteiger partial charge is 0.137 e. The molecule has 20 heavy (non-hydrogen) atoms. The van der Waals surface area contributed by atoms with Crippen LogP contribution in [0, 0.1) is 5.92 Å². The summed E-state index contributed by atoms with van der Waals surface area (Å²) in [5.74, 6) is 0.848. The minimum absolute atomic E-state index is 0.513. The third kappa shape index (κ3) is 2.72. The number of nitrogens with two attached hydrogens (primary N) is 1. The Morgan fingerprint density at radius 3 is 3.05 bits per heavy atom. The van der Waals surface area contributed by atoms with E-state index in [0.29, 0.717) is 6.04 Å². The molecule has 4 heteroatoms. The van der Waals surface area contributed by atoms with Crippen molar-refractivity contribution in [3.63, 3.8) is 0 Å². The first-order valence-corrected chi connectivity index (χ1v) is 7.67. The standard InChI is InChI=1S/C16H24N4/c1-2-13-6-8-19(15(9-13)10-17)11-14-12-20-7-4-3-5-16(20)18-14/h3-5,7,12-13,15H,2,6,8-11,17H2,1H3. The van der Waals surface area contributed by atoms with Crippen LogP contribution in [0.25, 0.3) is 5.65 Å². The van der Waals surface area contributed by atoms with Gasteiger partial charge in [-0.2, -0.15) is 0 Å². The maximum Gasteiger partial charge on any atom is 0.137 e. The molecule has 1 aliphatic heterocycles. The minimum Gasteiger partial charge on any atom is -0.329 e. The van der Waals surface area contributed by atoms with E-state index in [1.807, 2.05) is 18.2 Å². The summed E-state index contributed by atoms with van der Waals surface area (Å²) >= 11 is 0. The Kier molecular flexibility index (Phi) is 4.03. The molecule has 2 unspecified atom stereocenters. The van der Waals surface area contributed by atoms with Gasteiger partial charge in [-0.05, 0) is 37.4 Å². The molecule has 0 amide bonds. The van der Waals surface area contributed by atoms with Crippen LogP contribution in [0.15, 0.2) is 30.6 Å². The molecule has 1 fully saturated rings. The second-order valence-corrected chi connectivity index (χ2v) is 5.86. The molecular weight excluding hydrogens is 248 g/mol.